The molecule has 4 aromatic rings. The van der Waals surface area contributed by atoms with Gasteiger partial charge in [0.25, 0.3) is 0 Å². The van der Waals surface area contributed by atoms with Crippen molar-refractivity contribution in [1.29, 1.82) is 0 Å². The van der Waals surface area contributed by atoms with E-state index in [1.54, 1.807) is 14.2 Å². The number of ether oxygens (including phenoxy) is 2. The molecule has 0 bridgehead atoms. The summed E-state index contributed by atoms with van der Waals surface area (Å²) in [6, 6.07) is 34.0. The van der Waals surface area contributed by atoms with Crippen molar-refractivity contribution in [2.75, 3.05) is 14.2 Å². The second kappa shape index (κ2) is 10.8. The first-order chi connectivity index (χ1) is 18.8. The summed E-state index contributed by atoms with van der Waals surface area (Å²) in [4.78, 5) is 0. The van der Waals surface area contributed by atoms with Gasteiger partial charge >= 0.3 is 0 Å². The zero-order valence-electron chi connectivity index (χ0n) is 23.5. The minimum absolute atomic E-state index is 0.0160. The SMILES string of the molecule is COc1ccc([C@@H]2C(C(=C(C)C)C(C)(C)c3ccc(OC)cc3)=C(c3ccccc3)c3ccc(Cl)cc32)cc1. The first-order valence-electron chi connectivity index (χ1n) is 13.3. The molecule has 39 heavy (non-hydrogen) atoms. The summed E-state index contributed by atoms with van der Waals surface area (Å²) in [5.74, 6) is 1.72. The van der Waals surface area contributed by atoms with Gasteiger partial charge in [-0.1, -0.05) is 91.7 Å². The van der Waals surface area contributed by atoms with Crippen molar-refractivity contribution in [2.24, 2.45) is 0 Å². The Bertz CT molecular complexity index is 1540. The summed E-state index contributed by atoms with van der Waals surface area (Å²) in [7, 11) is 3.41. The Morgan fingerprint density at radius 1 is 0.744 bits per heavy atom. The topological polar surface area (TPSA) is 18.5 Å². The molecular formula is C36H35ClO2. The van der Waals surface area contributed by atoms with Crippen molar-refractivity contribution >= 4 is 17.2 Å². The van der Waals surface area contributed by atoms with Gasteiger partial charge in [0.05, 0.1) is 14.2 Å². The highest BCUT2D eigenvalue weighted by Gasteiger charge is 2.40. The van der Waals surface area contributed by atoms with Crippen LogP contribution in [0.15, 0.2) is 114 Å². The molecule has 0 aliphatic heterocycles. The standard InChI is InChI=1S/C36H35ClO2/c1-23(2)35(36(3,4)26-14-19-29(39-6)20-15-26)34-32(24-10-8-7-9-11-24)30-21-16-27(37)22-31(30)33(34)25-12-17-28(38-5)18-13-25/h7-22,33H,1-6H3/t33-/m0/s1. The van der Waals surface area contributed by atoms with Gasteiger partial charge in [-0.3, -0.25) is 0 Å². The Kier molecular flexibility index (Phi) is 7.42. The zero-order valence-corrected chi connectivity index (χ0v) is 24.3. The van der Waals surface area contributed by atoms with E-state index in [0.29, 0.717) is 0 Å². The molecule has 2 nitrogen and oxygen atoms in total. The molecule has 0 aromatic heterocycles. The van der Waals surface area contributed by atoms with Crippen LogP contribution in [0.2, 0.25) is 5.02 Å². The highest BCUT2D eigenvalue weighted by molar-refractivity contribution is 6.30. The number of allylic oxidation sites excluding steroid dienone is 3. The molecule has 0 radical (unpaired) electrons. The van der Waals surface area contributed by atoms with Gasteiger partial charge in [0, 0.05) is 16.4 Å². The van der Waals surface area contributed by atoms with E-state index in [2.05, 4.69) is 119 Å². The zero-order chi connectivity index (χ0) is 27.7. The second-order valence-electron chi connectivity index (χ2n) is 10.8. The summed E-state index contributed by atoms with van der Waals surface area (Å²) in [6.07, 6.45) is 0. The fourth-order valence-corrected chi connectivity index (χ4v) is 6.34. The van der Waals surface area contributed by atoms with Gasteiger partial charge in [0.2, 0.25) is 0 Å². The maximum Gasteiger partial charge on any atom is 0.118 e. The Labute approximate surface area is 237 Å². The lowest BCUT2D eigenvalue weighted by atomic mass is 9.68. The average molecular weight is 535 g/mol. The molecule has 198 valence electrons. The van der Waals surface area contributed by atoms with Crippen molar-refractivity contribution in [3.63, 3.8) is 0 Å². The van der Waals surface area contributed by atoms with Gasteiger partial charge in [-0.2, -0.15) is 0 Å². The van der Waals surface area contributed by atoms with E-state index in [0.717, 1.165) is 16.5 Å². The van der Waals surface area contributed by atoms with Crippen LogP contribution < -0.4 is 9.47 Å². The molecule has 1 aliphatic carbocycles. The third kappa shape index (κ3) is 4.90. The van der Waals surface area contributed by atoms with Gasteiger partial charge in [-0.15, -0.1) is 0 Å². The Morgan fingerprint density at radius 3 is 1.90 bits per heavy atom. The molecule has 0 fully saturated rings. The number of fused-ring (bicyclic) bond motifs is 1. The third-order valence-electron chi connectivity index (χ3n) is 7.87. The third-order valence-corrected chi connectivity index (χ3v) is 8.10. The molecule has 1 atom stereocenters. The monoisotopic (exact) mass is 534 g/mol. The van der Waals surface area contributed by atoms with Crippen LogP contribution in [0.1, 0.15) is 61.4 Å². The number of hydrogen-bond acceptors (Lipinski definition) is 2. The highest BCUT2D eigenvalue weighted by Crippen LogP contribution is 2.55. The maximum atomic E-state index is 6.66. The maximum absolute atomic E-state index is 6.66. The molecule has 0 amide bonds. The summed E-state index contributed by atoms with van der Waals surface area (Å²) in [6.45, 7) is 9.12. The lowest BCUT2D eigenvalue weighted by Crippen LogP contribution is -2.25. The van der Waals surface area contributed by atoms with Crippen molar-refractivity contribution in [3.05, 3.63) is 147 Å². The van der Waals surface area contributed by atoms with Crippen molar-refractivity contribution < 1.29 is 9.47 Å². The van der Waals surface area contributed by atoms with Crippen molar-refractivity contribution in [2.45, 2.75) is 39.0 Å². The molecule has 0 saturated carbocycles. The normalized spacial score (nSPS) is 14.7. The van der Waals surface area contributed by atoms with E-state index in [-0.39, 0.29) is 11.3 Å². The number of rotatable bonds is 7. The largest absolute Gasteiger partial charge is 0.497 e. The minimum atomic E-state index is -0.281. The summed E-state index contributed by atoms with van der Waals surface area (Å²) in [5, 5.41) is 0.745. The van der Waals surface area contributed by atoms with Gasteiger partial charge in [0.15, 0.2) is 0 Å². The van der Waals surface area contributed by atoms with E-state index in [9.17, 15) is 0 Å². The van der Waals surface area contributed by atoms with Crippen LogP contribution in [0.25, 0.3) is 5.57 Å². The average Bonchev–Trinajstić information content (AvgIpc) is 3.26. The molecule has 0 unspecified atom stereocenters. The van der Waals surface area contributed by atoms with Crippen LogP contribution in [-0.2, 0) is 5.41 Å². The predicted molar refractivity (Wildman–Crippen MR) is 163 cm³/mol. The number of methoxy groups -OCH3 is 2. The van der Waals surface area contributed by atoms with E-state index in [1.165, 1.54) is 50.1 Å². The van der Waals surface area contributed by atoms with Gasteiger partial charge in [0.1, 0.15) is 11.5 Å². The molecular weight excluding hydrogens is 500 g/mol. The molecule has 0 spiro atoms. The first kappa shape index (κ1) is 26.8. The number of benzene rings is 4. The Balaban J connectivity index is 1.84. The van der Waals surface area contributed by atoms with E-state index < -0.39 is 0 Å². The summed E-state index contributed by atoms with van der Waals surface area (Å²) < 4.78 is 11.0. The number of hydrogen-bond donors (Lipinski definition) is 0. The van der Waals surface area contributed by atoms with Crippen LogP contribution in [0.4, 0.5) is 0 Å². The van der Waals surface area contributed by atoms with Crippen LogP contribution >= 0.6 is 11.6 Å². The minimum Gasteiger partial charge on any atom is -0.497 e. The molecule has 5 rings (SSSR count). The molecule has 0 heterocycles. The second-order valence-corrected chi connectivity index (χ2v) is 11.3. The van der Waals surface area contributed by atoms with E-state index in [4.69, 9.17) is 21.1 Å². The van der Waals surface area contributed by atoms with Crippen LogP contribution in [0.5, 0.6) is 11.5 Å². The van der Waals surface area contributed by atoms with Gasteiger partial charge in [-0.25, -0.2) is 0 Å². The first-order valence-corrected chi connectivity index (χ1v) is 13.7. The fourth-order valence-electron chi connectivity index (χ4n) is 6.16. The highest BCUT2D eigenvalue weighted by atomic mass is 35.5. The van der Waals surface area contributed by atoms with Gasteiger partial charge < -0.3 is 9.47 Å². The summed E-state index contributed by atoms with van der Waals surface area (Å²) >= 11 is 6.66. The lowest BCUT2D eigenvalue weighted by Gasteiger charge is -2.35. The molecule has 0 N–H and O–H groups in total. The van der Waals surface area contributed by atoms with E-state index in [1.807, 2.05) is 6.07 Å². The van der Waals surface area contributed by atoms with Crippen LogP contribution in [0, 0.1) is 0 Å². The Hall–Kier alpha value is -3.75. The summed E-state index contributed by atoms with van der Waals surface area (Å²) in [5.41, 5.74) is 11.0. The van der Waals surface area contributed by atoms with Crippen LogP contribution in [0.3, 0.4) is 0 Å². The quantitative estimate of drug-likeness (QED) is 0.235. The van der Waals surface area contributed by atoms with Crippen LogP contribution in [-0.4, -0.2) is 14.2 Å². The van der Waals surface area contributed by atoms with Gasteiger partial charge in [-0.05, 0) is 94.8 Å². The predicted octanol–water partition coefficient (Wildman–Crippen LogP) is 9.62. The molecule has 0 saturated heterocycles. The van der Waals surface area contributed by atoms with Crippen molar-refractivity contribution in [3.8, 4) is 11.5 Å². The smallest absolute Gasteiger partial charge is 0.118 e. The molecule has 3 heteroatoms. The van der Waals surface area contributed by atoms with Crippen molar-refractivity contribution in [1.82, 2.24) is 0 Å². The van der Waals surface area contributed by atoms with E-state index >= 15 is 0 Å². The fraction of sp³-hybridized carbons (Fsp3) is 0.222. The number of halogens is 1. The Morgan fingerprint density at radius 2 is 1.33 bits per heavy atom. The lowest BCUT2D eigenvalue weighted by molar-refractivity contribution is 0.414. The molecule has 4 aromatic carbocycles. The molecule has 1 aliphatic rings.